The van der Waals surface area contributed by atoms with Crippen molar-refractivity contribution in [1.29, 1.82) is 0 Å². The second-order valence-electron chi connectivity index (χ2n) is 3.11. The molecule has 0 spiro atoms. The zero-order valence-electron chi connectivity index (χ0n) is 7.85. The minimum absolute atomic E-state index is 0.138. The van der Waals surface area contributed by atoms with Crippen molar-refractivity contribution < 1.29 is 13.2 Å². The molecule has 0 radical (unpaired) electrons. The lowest BCUT2D eigenvalue weighted by atomic mass is 10.1. The first-order chi connectivity index (χ1) is 7.58. The number of benzene rings is 1. The molecule has 0 unspecified atom stereocenters. The molecule has 16 heavy (non-hydrogen) atoms. The summed E-state index contributed by atoms with van der Waals surface area (Å²) in [6.07, 6.45) is 1.40. The molecule has 82 valence electrons. The second kappa shape index (κ2) is 4.14. The normalized spacial score (nSPS) is 10.5. The zero-order valence-corrected chi connectivity index (χ0v) is 8.60. The van der Waals surface area contributed by atoms with Crippen molar-refractivity contribution in [3.63, 3.8) is 0 Å². The van der Waals surface area contributed by atoms with Crippen molar-refractivity contribution in [3.8, 4) is 11.3 Å². The maximum absolute atomic E-state index is 13.0. The predicted octanol–water partition coefficient (Wildman–Crippen LogP) is 3.82. The van der Waals surface area contributed by atoms with Crippen LogP contribution < -0.4 is 0 Å². The summed E-state index contributed by atoms with van der Waals surface area (Å²) < 4.78 is 38.6. The standard InChI is InChI=1S/C11H5ClF3N/c12-7-1-2-16-10(5-7)6-3-8(13)11(15)9(14)4-6/h1-5H. The van der Waals surface area contributed by atoms with E-state index in [2.05, 4.69) is 4.98 Å². The van der Waals surface area contributed by atoms with Crippen LogP contribution in [-0.2, 0) is 0 Å². The van der Waals surface area contributed by atoms with Gasteiger partial charge in [-0.15, -0.1) is 0 Å². The number of halogens is 4. The van der Waals surface area contributed by atoms with Crippen LogP contribution in [0.4, 0.5) is 13.2 Å². The molecule has 0 fully saturated rings. The molecule has 0 aliphatic heterocycles. The molecule has 1 nitrogen and oxygen atoms in total. The Morgan fingerprint density at radius 2 is 1.62 bits per heavy atom. The van der Waals surface area contributed by atoms with E-state index < -0.39 is 17.5 Å². The lowest BCUT2D eigenvalue weighted by Crippen LogP contribution is -1.92. The minimum Gasteiger partial charge on any atom is -0.256 e. The number of rotatable bonds is 1. The monoisotopic (exact) mass is 243 g/mol. The van der Waals surface area contributed by atoms with E-state index in [0.29, 0.717) is 5.02 Å². The Morgan fingerprint density at radius 1 is 1.00 bits per heavy atom. The van der Waals surface area contributed by atoms with E-state index >= 15 is 0 Å². The number of nitrogens with zero attached hydrogens (tertiary/aromatic N) is 1. The topological polar surface area (TPSA) is 12.9 Å². The first kappa shape index (κ1) is 11.0. The summed E-state index contributed by atoms with van der Waals surface area (Å²) in [6.45, 7) is 0. The largest absolute Gasteiger partial charge is 0.256 e. The highest BCUT2D eigenvalue weighted by atomic mass is 35.5. The molecule has 0 saturated heterocycles. The van der Waals surface area contributed by atoms with E-state index in [9.17, 15) is 13.2 Å². The van der Waals surface area contributed by atoms with Crippen LogP contribution in [0, 0.1) is 17.5 Å². The first-order valence-corrected chi connectivity index (χ1v) is 4.72. The van der Waals surface area contributed by atoms with Gasteiger partial charge in [-0.2, -0.15) is 0 Å². The third kappa shape index (κ3) is 2.02. The van der Waals surface area contributed by atoms with Crippen LogP contribution in [-0.4, -0.2) is 4.98 Å². The summed E-state index contributed by atoms with van der Waals surface area (Å²) in [4.78, 5) is 3.88. The van der Waals surface area contributed by atoms with E-state index in [-0.39, 0.29) is 11.3 Å². The molecule has 5 heteroatoms. The van der Waals surface area contributed by atoms with Gasteiger partial charge < -0.3 is 0 Å². The fourth-order valence-electron chi connectivity index (χ4n) is 1.27. The molecule has 0 aliphatic carbocycles. The Hall–Kier alpha value is -1.55. The highest BCUT2D eigenvalue weighted by molar-refractivity contribution is 6.30. The van der Waals surface area contributed by atoms with Crippen LogP contribution in [0.15, 0.2) is 30.5 Å². The zero-order chi connectivity index (χ0) is 11.7. The van der Waals surface area contributed by atoms with Crippen LogP contribution in [0.1, 0.15) is 0 Å². The number of hydrogen-bond acceptors (Lipinski definition) is 1. The maximum atomic E-state index is 13.0. The average molecular weight is 244 g/mol. The molecule has 2 aromatic rings. The summed E-state index contributed by atoms with van der Waals surface area (Å²) >= 11 is 5.70. The Morgan fingerprint density at radius 3 is 2.19 bits per heavy atom. The summed E-state index contributed by atoms with van der Waals surface area (Å²) in [7, 11) is 0. The fourth-order valence-corrected chi connectivity index (χ4v) is 1.43. The SMILES string of the molecule is Fc1cc(-c2cc(Cl)ccn2)cc(F)c1F. The van der Waals surface area contributed by atoms with Crippen LogP contribution in [0.3, 0.4) is 0 Å². The smallest absolute Gasteiger partial charge is 0.194 e. The molecule has 0 aliphatic rings. The minimum atomic E-state index is -1.49. The van der Waals surface area contributed by atoms with Crippen LogP contribution in [0.2, 0.25) is 5.02 Å². The number of aromatic nitrogens is 1. The average Bonchev–Trinajstić information content (AvgIpc) is 2.25. The maximum Gasteiger partial charge on any atom is 0.194 e. The lowest BCUT2D eigenvalue weighted by molar-refractivity contribution is 0.447. The Labute approximate surface area is 94.5 Å². The molecular formula is C11H5ClF3N. The Balaban J connectivity index is 2.57. The Kier molecular flexibility index (Phi) is 2.83. The molecule has 1 aromatic heterocycles. The summed E-state index contributed by atoms with van der Waals surface area (Å²) in [5, 5.41) is 0.384. The molecular weight excluding hydrogens is 239 g/mol. The van der Waals surface area contributed by atoms with Gasteiger partial charge >= 0.3 is 0 Å². The molecule has 0 atom stereocenters. The lowest BCUT2D eigenvalue weighted by Gasteiger charge is -2.03. The van der Waals surface area contributed by atoms with Crippen LogP contribution in [0.25, 0.3) is 11.3 Å². The van der Waals surface area contributed by atoms with Gasteiger partial charge in [-0.05, 0) is 24.3 Å². The van der Waals surface area contributed by atoms with E-state index in [1.807, 2.05) is 0 Å². The molecule has 0 bridgehead atoms. The third-order valence-electron chi connectivity index (χ3n) is 2.00. The molecule has 1 aromatic carbocycles. The van der Waals surface area contributed by atoms with E-state index in [1.54, 1.807) is 0 Å². The van der Waals surface area contributed by atoms with Gasteiger partial charge in [-0.25, -0.2) is 13.2 Å². The highest BCUT2D eigenvalue weighted by Crippen LogP contribution is 2.23. The van der Waals surface area contributed by atoms with Crippen molar-refractivity contribution in [2.24, 2.45) is 0 Å². The molecule has 1 heterocycles. The van der Waals surface area contributed by atoms with Gasteiger partial charge in [-0.3, -0.25) is 4.98 Å². The van der Waals surface area contributed by atoms with Gasteiger partial charge in [-0.1, -0.05) is 11.6 Å². The molecule has 0 saturated carbocycles. The molecule has 0 amide bonds. The predicted molar refractivity (Wildman–Crippen MR) is 54.6 cm³/mol. The third-order valence-corrected chi connectivity index (χ3v) is 2.24. The molecule has 0 N–H and O–H groups in total. The van der Waals surface area contributed by atoms with Crippen molar-refractivity contribution in [2.75, 3.05) is 0 Å². The Bertz CT molecular complexity index is 519. The van der Waals surface area contributed by atoms with Gasteiger partial charge in [0.15, 0.2) is 17.5 Å². The number of hydrogen-bond donors (Lipinski definition) is 0. The van der Waals surface area contributed by atoms with Gasteiger partial charge in [0.05, 0.1) is 5.69 Å². The van der Waals surface area contributed by atoms with Crippen molar-refractivity contribution in [1.82, 2.24) is 4.98 Å². The molecule has 2 rings (SSSR count). The van der Waals surface area contributed by atoms with Gasteiger partial charge in [0, 0.05) is 16.8 Å². The van der Waals surface area contributed by atoms with Crippen molar-refractivity contribution in [2.45, 2.75) is 0 Å². The summed E-state index contributed by atoms with van der Waals surface area (Å²) in [5.41, 5.74) is 0.421. The fraction of sp³-hybridized carbons (Fsp3) is 0. The van der Waals surface area contributed by atoms with Gasteiger partial charge in [0.1, 0.15) is 0 Å². The second-order valence-corrected chi connectivity index (χ2v) is 3.55. The summed E-state index contributed by atoms with van der Waals surface area (Å²) in [5.74, 6) is -4.00. The highest BCUT2D eigenvalue weighted by Gasteiger charge is 2.12. The number of pyridine rings is 1. The van der Waals surface area contributed by atoms with E-state index in [0.717, 1.165) is 12.1 Å². The van der Waals surface area contributed by atoms with Crippen molar-refractivity contribution >= 4 is 11.6 Å². The quantitative estimate of drug-likeness (QED) is 0.694. The summed E-state index contributed by atoms with van der Waals surface area (Å²) in [6, 6.07) is 4.71. The van der Waals surface area contributed by atoms with Gasteiger partial charge in [0.2, 0.25) is 0 Å². The van der Waals surface area contributed by atoms with Crippen LogP contribution in [0.5, 0.6) is 0 Å². The first-order valence-electron chi connectivity index (χ1n) is 4.34. The van der Waals surface area contributed by atoms with Crippen LogP contribution >= 0.6 is 11.6 Å². The van der Waals surface area contributed by atoms with Gasteiger partial charge in [0.25, 0.3) is 0 Å². The van der Waals surface area contributed by atoms with E-state index in [1.165, 1.54) is 18.3 Å². The van der Waals surface area contributed by atoms with E-state index in [4.69, 9.17) is 11.6 Å². The van der Waals surface area contributed by atoms with Crippen molar-refractivity contribution in [3.05, 3.63) is 52.9 Å².